The number of aliphatic carboxylic acids is 2. The lowest BCUT2D eigenvalue weighted by molar-refractivity contribution is -0.158. The van der Waals surface area contributed by atoms with Crippen molar-refractivity contribution in [2.75, 3.05) is 19.8 Å². The van der Waals surface area contributed by atoms with Crippen LogP contribution >= 0.6 is 0 Å². The van der Waals surface area contributed by atoms with Crippen molar-refractivity contribution in [1.82, 2.24) is 30.7 Å². The van der Waals surface area contributed by atoms with E-state index in [0.717, 1.165) is 5.69 Å². The number of nitrogens with zero attached hydrogens (tertiary/aromatic N) is 4. The van der Waals surface area contributed by atoms with Gasteiger partial charge in [0.15, 0.2) is 6.04 Å². The van der Waals surface area contributed by atoms with Gasteiger partial charge in [-0.1, -0.05) is 5.21 Å². The van der Waals surface area contributed by atoms with Gasteiger partial charge in [0, 0.05) is 38.7 Å². The van der Waals surface area contributed by atoms with Gasteiger partial charge in [-0.25, -0.2) is 9.59 Å². The summed E-state index contributed by atoms with van der Waals surface area (Å²) in [5.74, 6) is -2.83. The Morgan fingerprint density at radius 2 is 1.74 bits per heavy atom. The first-order valence-corrected chi connectivity index (χ1v) is 11.2. The fourth-order valence-electron chi connectivity index (χ4n) is 2.98. The van der Waals surface area contributed by atoms with Crippen molar-refractivity contribution >= 4 is 23.9 Å². The molecule has 0 aliphatic rings. The van der Waals surface area contributed by atoms with Gasteiger partial charge in [-0.15, -0.1) is 5.10 Å². The number of alkyl halides is 1. The van der Waals surface area contributed by atoms with Crippen LogP contribution in [-0.2, 0) is 27.3 Å². The molecule has 1 atom stereocenters. The number of carbonyl (C=O) groups is 4. The number of nitrogens with one attached hydrogen (secondary N) is 2. The molecule has 0 saturated heterocycles. The largest absolute Gasteiger partial charge is 0.481 e. The van der Waals surface area contributed by atoms with E-state index in [9.17, 15) is 28.8 Å². The Balaban J connectivity index is 2.10. The molecular weight excluding hydrogens is 455 g/mol. The van der Waals surface area contributed by atoms with Crippen LogP contribution < -0.4 is 10.6 Å². The molecule has 0 unspecified atom stereocenters. The molecule has 0 spiro atoms. The quantitative estimate of drug-likeness (QED) is 0.114. The molecule has 5 N–H and O–H groups in total. The Kier molecular flexibility index (Phi) is 13.8. The van der Waals surface area contributed by atoms with E-state index in [1.807, 2.05) is 0 Å². The molecule has 0 saturated carbocycles. The number of carbonyl (C=O) groups excluding carboxylic acids is 2. The second-order valence-corrected chi connectivity index (χ2v) is 7.64. The zero-order chi connectivity index (χ0) is 25.3. The average molecular weight is 489 g/mol. The van der Waals surface area contributed by atoms with Crippen molar-refractivity contribution in [3.8, 4) is 0 Å². The highest BCUT2D eigenvalue weighted by atomic mass is 19.1. The van der Waals surface area contributed by atoms with Crippen molar-refractivity contribution in [2.24, 2.45) is 0 Å². The van der Waals surface area contributed by atoms with Gasteiger partial charge in [-0.3, -0.25) is 23.9 Å². The third kappa shape index (κ3) is 12.1. The summed E-state index contributed by atoms with van der Waals surface area (Å²) in [7, 11) is 0. The summed E-state index contributed by atoms with van der Waals surface area (Å²) in [5, 5.41) is 40.4. The van der Waals surface area contributed by atoms with Crippen molar-refractivity contribution in [3.05, 3.63) is 11.9 Å². The number of rotatable bonds is 18. The van der Waals surface area contributed by atoms with E-state index in [1.165, 1.54) is 0 Å². The Hall–Kier alpha value is -3.29. The molecule has 0 fully saturated rings. The van der Waals surface area contributed by atoms with Crippen molar-refractivity contribution in [3.63, 3.8) is 0 Å². The van der Waals surface area contributed by atoms with Gasteiger partial charge in [0.2, 0.25) is 5.91 Å². The van der Waals surface area contributed by atoms with Crippen LogP contribution in [0, 0.1) is 0 Å². The van der Waals surface area contributed by atoms with E-state index >= 15 is 0 Å². The predicted octanol–water partition coefficient (Wildman–Crippen LogP) is 0.966. The normalized spacial score (nSPS) is 11.6. The zero-order valence-electron chi connectivity index (χ0n) is 19.0. The van der Waals surface area contributed by atoms with Crippen LogP contribution in [-0.4, -0.2) is 85.2 Å². The summed E-state index contributed by atoms with van der Waals surface area (Å²) in [6.45, 7) is 0.787. The molecule has 1 aromatic rings. The monoisotopic (exact) mass is 488 g/mol. The van der Waals surface area contributed by atoms with Gasteiger partial charge in [0.05, 0.1) is 12.4 Å². The maximum Gasteiger partial charge on any atom is 0.341 e. The lowest BCUT2D eigenvalue weighted by Crippen LogP contribution is -2.48. The molecule has 0 aliphatic carbocycles. The molecule has 0 radical (unpaired) electrons. The molecule has 1 rings (SSSR count). The highest BCUT2D eigenvalue weighted by Gasteiger charge is 2.29. The summed E-state index contributed by atoms with van der Waals surface area (Å²) < 4.78 is 13.8. The molecule has 14 heteroatoms. The number of aromatic nitrogens is 3. The first-order valence-electron chi connectivity index (χ1n) is 11.2. The highest BCUT2D eigenvalue weighted by molar-refractivity contribution is 5.82. The fourth-order valence-corrected chi connectivity index (χ4v) is 2.98. The van der Waals surface area contributed by atoms with Gasteiger partial charge in [-0.05, 0) is 44.9 Å². The Morgan fingerprint density at radius 3 is 2.38 bits per heavy atom. The number of hydroxylamine groups is 2. The van der Waals surface area contributed by atoms with Crippen LogP contribution in [0.4, 0.5) is 9.18 Å². The van der Waals surface area contributed by atoms with Crippen LogP contribution in [0.2, 0.25) is 0 Å². The predicted molar refractivity (Wildman–Crippen MR) is 116 cm³/mol. The van der Waals surface area contributed by atoms with Crippen LogP contribution in [0.1, 0.15) is 57.1 Å². The second-order valence-electron chi connectivity index (χ2n) is 7.64. The SMILES string of the molecule is O=C(O)CC[C@@H](C(=O)O)N(O)C(=O)NCCCCCNC(=O)CCCn1cc(CCCF)nn1. The van der Waals surface area contributed by atoms with Crippen LogP contribution in [0.15, 0.2) is 6.20 Å². The van der Waals surface area contributed by atoms with Crippen molar-refractivity contribution in [2.45, 2.75) is 70.4 Å². The Labute approximate surface area is 196 Å². The summed E-state index contributed by atoms with van der Waals surface area (Å²) in [6.07, 6.45) is 4.57. The minimum Gasteiger partial charge on any atom is -0.481 e. The highest BCUT2D eigenvalue weighted by Crippen LogP contribution is 2.06. The van der Waals surface area contributed by atoms with Gasteiger partial charge in [0.25, 0.3) is 0 Å². The molecule has 34 heavy (non-hydrogen) atoms. The van der Waals surface area contributed by atoms with Gasteiger partial charge in [0.1, 0.15) is 0 Å². The smallest absolute Gasteiger partial charge is 0.341 e. The number of hydrogen-bond acceptors (Lipinski definition) is 7. The van der Waals surface area contributed by atoms with E-state index in [4.69, 9.17) is 10.2 Å². The Morgan fingerprint density at radius 1 is 1.03 bits per heavy atom. The molecule has 1 heterocycles. The molecular formula is C20H33FN6O7. The number of urea groups is 1. The number of carboxylic acid groups (broad SMARTS) is 2. The summed E-state index contributed by atoms with van der Waals surface area (Å²) in [4.78, 5) is 45.4. The number of aryl methyl sites for hydroxylation is 2. The minimum atomic E-state index is -1.65. The maximum absolute atomic E-state index is 12.2. The van der Waals surface area contributed by atoms with E-state index in [2.05, 4.69) is 20.9 Å². The third-order valence-electron chi connectivity index (χ3n) is 4.82. The van der Waals surface area contributed by atoms with Crippen molar-refractivity contribution < 1.29 is 39.0 Å². The fraction of sp³-hybridized carbons (Fsp3) is 0.700. The first-order chi connectivity index (χ1) is 16.2. The number of hydrogen-bond donors (Lipinski definition) is 5. The van der Waals surface area contributed by atoms with Crippen LogP contribution in [0.25, 0.3) is 0 Å². The summed E-state index contributed by atoms with van der Waals surface area (Å²) >= 11 is 0. The summed E-state index contributed by atoms with van der Waals surface area (Å²) in [6, 6.07) is -2.67. The Bertz CT molecular complexity index is 791. The van der Waals surface area contributed by atoms with E-state index in [-0.39, 0.29) is 17.5 Å². The summed E-state index contributed by atoms with van der Waals surface area (Å²) in [5.41, 5.74) is 0.727. The number of carboxylic acids is 2. The molecule has 13 nitrogen and oxygen atoms in total. The molecule has 0 aliphatic heterocycles. The number of amides is 3. The van der Waals surface area contributed by atoms with E-state index in [1.54, 1.807) is 10.9 Å². The van der Waals surface area contributed by atoms with E-state index in [0.29, 0.717) is 58.0 Å². The topological polar surface area (TPSA) is 187 Å². The van der Waals surface area contributed by atoms with Crippen LogP contribution in [0.3, 0.4) is 0 Å². The third-order valence-corrected chi connectivity index (χ3v) is 4.82. The first kappa shape index (κ1) is 28.7. The van der Waals surface area contributed by atoms with Gasteiger partial charge in [-0.2, -0.15) is 5.06 Å². The molecule has 0 bridgehead atoms. The molecule has 3 amide bonds. The zero-order valence-corrected chi connectivity index (χ0v) is 19.0. The lowest BCUT2D eigenvalue weighted by atomic mass is 10.1. The maximum atomic E-state index is 12.2. The molecule has 192 valence electrons. The molecule has 1 aromatic heterocycles. The van der Waals surface area contributed by atoms with E-state index < -0.39 is 43.5 Å². The molecule has 0 aromatic carbocycles. The average Bonchev–Trinajstić information content (AvgIpc) is 3.24. The number of unbranched alkanes of at least 4 members (excludes halogenated alkanes) is 2. The van der Waals surface area contributed by atoms with Crippen molar-refractivity contribution in [1.29, 1.82) is 0 Å². The van der Waals surface area contributed by atoms with Gasteiger partial charge >= 0.3 is 18.0 Å². The standard InChI is InChI=1S/C20H33FN6O7/c21-10-4-6-15-14-26(25-24-15)13-5-7-17(28)22-11-2-1-3-12-23-20(33)27(34)16(19(31)32)8-9-18(29)30/h14,16,34H,1-13H2,(H,22,28)(H,23,33)(H,29,30)(H,31,32)/t16-/m0/s1. The lowest BCUT2D eigenvalue weighted by Gasteiger charge is -2.22. The van der Waals surface area contributed by atoms with Crippen LogP contribution in [0.5, 0.6) is 0 Å². The second kappa shape index (κ2) is 16.3. The van der Waals surface area contributed by atoms with Gasteiger partial charge < -0.3 is 20.8 Å². The minimum absolute atomic E-state index is 0.00427. The number of halogens is 1.